The van der Waals surface area contributed by atoms with Gasteiger partial charge in [0.2, 0.25) is 0 Å². The smallest absolute Gasteiger partial charge is 0.272 e. The predicted octanol–water partition coefficient (Wildman–Crippen LogP) is 3.57. The van der Waals surface area contributed by atoms with Crippen LogP contribution in [0.25, 0.3) is 0 Å². The highest BCUT2D eigenvalue weighted by molar-refractivity contribution is 5.98. The van der Waals surface area contributed by atoms with E-state index in [1.54, 1.807) is 17.9 Å². The lowest BCUT2D eigenvalue weighted by molar-refractivity contribution is 0.0745. The third-order valence-electron chi connectivity index (χ3n) is 5.75. The molecule has 8 heteroatoms. The molecule has 0 unspecified atom stereocenters. The van der Waals surface area contributed by atoms with Crippen molar-refractivity contribution < 1.29 is 19.1 Å². The van der Waals surface area contributed by atoms with Crippen molar-refractivity contribution in [3.8, 4) is 11.5 Å². The van der Waals surface area contributed by atoms with Crippen LogP contribution in [-0.4, -0.2) is 46.8 Å². The van der Waals surface area contributed by atoms with Crippen LogP contribution in [0.3, 0.4) is 0 Å². The molecule has 1 aliphatic heterocycles. The molecule has 2 amide bonds. The molecule has 0 bridgehead atoms. The first-order valence-corrected chi connectivity index (χ1v) is 11.5. The van der Waals surface area contributed by atoms with Crippen LogP contribution in [0, 0.1) is 6.92 Å². The Labute approximate surface area is 199 Å². The Morgan fingerprint density at radius 2 is 1.94 bits per heavy atom. The minimum absolute atomic E-state index is 0.109. The van der Waals surface area contributed by atoms with Gasteiger partial charge in [0.25, 0.3) is 11.8 Å². The molecule has 0 radical (unpaired) electrons. The quantitative estimate of drug-likeness (QED) is 0.553. The predicted molar refractivity (Wildman–Crippen MR) is 128 cm³/mol. The van der Waals surface area contributed by atoms with Gasteiger partial charge in [-0.3, -0.25) is 14.3 Å². The molecule has 0 spiro atoms. The van der Waals surface area contributed by atoms with E-state index in [9.17, 15) is 9.59 Å². The number of aryl methyl sites for hydroxylation is 2. The normalized spacial score (nSPS) is 13.3. The zero-order valence-corrected chi connectivity index (χ0v) is 19.8. The van der Waals surface area contributed by atoms with E-state index in [4.69, 9.17) is 9.47 Å². The first-order chi connectivity index (χ1) is 16.5. The van der Waals surface area contributed by atoms with E-state index in [1.165, 1.54) is 0 Å². The summed E-state index contributed by atoms with van der Waals surface area (Å²) in [6, 6.07) is 15.3. The molecule has 1 aromatic heterocycles. The van der Waals surface area contributed by atoms with Gasteiger partial charge in [0.15, 0.2) is 17.2 Å². The Balaban J connectivity index is 1.44. The fourth-order valence-electron chi connectivity index (χ4n) is 4.10. The fourth-order valence-corrected chi connectivity index (χ4v) is 4.10. The monoisotopic (exact) mass is 462 g/mol. The van der Waals surface area contributed by atoms with Gasteiger partial charge in [-0.25, -0.2) is 0 Å². The third kappa shape index (κ3) is 5.22. The Bertz CT molecular complexity index is 1190. The number of benzene rings is 2. The van der Waals surface area contributed by atoms with Gasteiger partial charge in [-0.2, -0.15) is 5.10 Å². The first-order valence-electron chi connectivity index (χ1n) is 11.5. The molecule has 0 atom stereocenters. The topological polar surface area (TPSA) is 85.7 Å². The van der Waals surface area contributed by atoms with E-state index in [1.807, 2.05) is 55.1 Å². The highest BCUT2D eigenvalue weighted by Crippen LogP contribution is 2.28. The molecule has 8 nitrogen and oxygen atoms in total. The van der Waals surface area contributed by atoms with Gasteiger partial charge in [0.1, 0.15) is 5.69 Å². The number of rotatable bonds is 8. The average molecular weight is 463 g/mol. The van der Waals surface area contributed by atoms with E-state index in [2.05, 4.69) is 16.5 Å². The lowest BCUT2D eigenvalue weighted by Crippen LogP contribution is -2.30. The van der Waals surface area contributed by atoms with Gasteiger partial charge in [-0.05, 0) is 43.5 Å². The van der Waals surface area contributed by atoms with Gasteiger partial charge >= 0.3 is 0 Å². The summed E-state index contributed by atoms with van der Waals surface area (Å²) in [7, 11) is 1.58. The van der Waals surface area contributed by atoms with Crippen molar-refractivity contribution in [2.75, 3.05) is 20.3 Å². The number of ether oxygens (including phenoxy) is 2. The Kier molecular flexibility index (Phi) is 7.15. The number of hydrogen-bond acceptors (Lipinski definition) is 5. The number of carbonyl (C=O) groups is 2. The van der Waals surface area contributed by atoms with Gasteiger partial charge in [-0.15, -0.1) is 0 Å². The Morgan fingerprint density at radius 1 is 1.09 bits per heavy atom. The minimum atomic E-state index is -0.327. The summed E-state index contributed by atoms with van der Waals surface area (Å²) in [5.74, 6) is 0.835. The fraction of sp³-hybridized carbons (Fsp3) is 0.346. The number of methoxy groups -OCH3 is 1. The molecule has 0 aliphatic carbocycles. The molecular formula is C26H30N4O4. The summed E-state index contributed by atoms with van der Waals surface area (Å²) in [4.78, 5) is 27.8. The van der Waals surface area contributed by atoms with Crippen LogP contribution in [0.2, 0.25) is 0 Å². The minimum Gasteiger partial charge on any atom is -0.493 e. The van der Waals surface area contributed by atoms with Crippen LogP contribution in [0.1, 0.15) is 51.0 Å². The second kappa shape index (κ2) is 10.4. The second-order valence-electron chi connectivity index (χ2n) is 8.31. The summed E-state index contributed by atoms with van der Waals surface area (Å²) < 4.78 is 12.6. The van der Waals surface area contributed by atoms with Crippen LogP contribution in [0.5, 0.6) is 11.5 Å². The highest BCUT2D eigenvalue weighted by Gasteiger charge is 2.26. The van der Waals surface area contributed by atoms with E-state index < -0.39 is 0 Å². The summed E-state index contributed by atoms with van der Waals surface area (Å²) in [5.41, 5.74) is 3.80. The maximum Gasteiger partial charge on any atom is 0.272 e. The number of nitrogens with one attached hydrogen (secondary N) is 1. The number of aromatic nitrogens is 2. The Hall–Kier alpha value is -3.81. The molecule has 3 aromatic rings. The van der Waals surface area contributed by atoms with Gasteiger partial charge in [-0.1, -0.05) is 35.9 Å². The number of nitrogens with zero attached hydrogens (tertiary/aromatic N) is 3. The SMILES string of the molecule is CCOc1ccc(CNC(=O)c2cc3n(n2)CCCN(Cc2cccc(C)c2)C3=O)cc1OC. The molecule has 1 aliphatic rings. The van der Waals surface area contributed by atoms with Crippen molar-refractivity contribution in [2.24, 2.45) is 0 Å². The van der Waals surface area contributed by atoms with Crippen molar-refractivity contribution in [3.05, 3.63) is 76.6 Å². The molecule has 0 saturated carbocycles. The molecule has 0 fully saturated rings. The zero-order chi connectivity index (χ0) is 24.1. The molecule has 178 valence electrons. The maximum absolute atomic E-state index is 13.2. The molecule has 2 aromatic carbocycles. The van der Waals surface area contributed by atoms with Crippen molar-refractivity contribution in [3.63, 3.8) is 0 Å². The standard InChI is InChI=1S/C26H30N4O4/c1-4-34-23-10-9-19(14-24(23)33-3)16-27-25(31)21-15-22-26(32)29(11-6-12-30(22)28-21)17-20-8-5-7-18(2)13-20/h5,7-10,13-15H,4,6,11-12,16-17H2,1-3H3,(H,27,31). The van der Waals surface area contributed by atoms with E-state index in [0.717, 1.165) is 23.1 Å². The van der Waals surface area contributed by atoms with Crippen LogP contribution in [0.15, 0.2) is 48.5 Å². The van der Waals surface area contributed by atoms with Gasteiger partial charge in [0, 0.05) is 32.2 Å². The molecule has 1 N–H and O–H groups in total. The number of fused-ring (bicyclic) bond motifs is 1. The largest absolute Gasteiger partial charge is 0.493 e. The maximum atomic E-state index is 13.2. The van der Waals surface area contributed by atoms with Crippen molar-refractivity contribution in [1.82, 2.24) is 20.0 Å². The van der Waals surface area contributed by atoms with Crippen LogP contribution >= 0.6 is 0 Å². The summed E-state index contributed by atoms with van der Waals surface area (Å²) in [6.07, 6.45) is 0.777. The summed E-state index contributed by atoms with van der Waals surface area (Å²) in [6.45, 7) is 6.57. The van der Waals surface area contributed by atoms with E-state index in [-0.39, 0.29) is 17.5 Å². The lowest BCUT2D eigenvalue weighted by atomic mass is 10.1. The molecule has 2 heterocycles. The zero-order valence-electron chi connectivity index (χ0n) is 19.8. The lowest BCUT2D eigenvalue weighted by Gasteiger charge is -2.20. The van der Waals surface area contributed by atoms with Crippen LogP contribution in [0.4, 0.5) is 0 Å². The number of amides is 2. The third-order valence-corrected chi connectivity index (χ3v) is 5.75. The Morgan fingerprint density at radius 3 is 2.71 bits per heavy atom. The number of hydrogen-bond donors (Lipinski definition) is 1. The van der Waals surface area contributed by atoms with Gasteiger partial charge in [0.05, 0.1) is 13.7 Å². The number of carbonyl (C=O) groups excluding carboxylic acids is 2. The summed E-state index contributed by atoms with van der Waals surface area (Å²) in [5, 5.41) is 7.29. The summed E-state index contributed by atoms with van der Waals surface area (Å²) >= 11 is 0. The van der Waals surface area contributed by atoms with Crippen LogP contribution in [-0.2, 0) is 19.6 Å². The molecule has 4 rings (SSSR count). The average Bonchev–Trinajstić information content (AvgIpc) is 3.21. The van der Waals surface area contributed by atoms with Crippen molar-refractivity contribution in [2.45, 2.75) is 39.9 Å². The van der Waals surface area contributed by atoms with E-state index >= 15 is 0 Å². The molecule has 0 saturated heterocycles. The van der Waals surface area contributed by atoms with Gasteiger partial charge < -0.3 is 19.7 Å². The second-order valence-corrected chi connectivity index (χ2v) is 8.31. The van der Waals surface area contributed by atoms with Crippen LogP contribution < -0.4 is 14.8 Å². The highest BCUT2D eigenvalue weighted by atomic mass is 16.5. The first kappa shape index (κ1) is 23.4. The van der Waals surface area contributed by atoms with E-state index in [0.29, 0.717) is 50.0 Å². The molecule has 34 heavy (non-hydrogen) atoms. The molecular weight excluding hydrogens is 432 g/mol. The van der Waals surface area contributed by atoms with Crippen molar-refractivity contribution in [1.29, 1.82) is 0 Å². The van der Waals surface area contributed by atoms with Crippen molar-refractivity contribution >= 4 is 11.8 Å².